The number of hydrogen-bond donors (Lipinski definition) is 1. The van der Waals surface area contributed by atoms with Crippen molar-refractivity contribution in [1.82, 2.24) is 0 Å². The fourth-order valence-corrected chi connectivity index (χ4v) is 4.28. The number of ether oxygens (including phenoxy) is 1. The molecule has 31 heavy (non-hydrogen) atoms. The zero-order valence-electron chi connectivity index (χ0n) is 16.9. The minimum atomic E-state index is -0.735. The van der Waals surface area contributed by atoms with Crippen LogP contribution in [0, 0.1) is 5.82 Å². The van der Waals surface area contributed by atoms with Gasteiger partial charge in [0.25, 0.3) is 0 Å². The third-order valence-electron chi connectivity index (χ3n) is 5.86. The number of benzene rings is 3. The van der Waals surface area contributed by atoms with Crippen LogP contribution in [0.2, 0.25) is 0 Å². The summed E-state index contributed by atoms with van der Waals surface area (Å²) in [7, 11) is 0. The van der Waals surface area contributed by atoms with Crippen LogP contribution in [0.3, 0.4) is 0 Å². The molecule has 5 rings (SSSR count). The van der Waals surface area contributed by atoms with Crippen molar-refractivity contribution < 1.29 is 13.9 Å². The maximum Gasteiger partial charge on any atom is 0.191 e. The summed E-state index contributed by atoms with van der Waals surface area (Å²) in [6.07, 6.45) is 6.26. The number of anilines is 1. The highest BCUT2D eigenvalue weighted by Crippen LogP contribution is 2.42. The van der Waals surface area contributed by atoms with Gasteiger partial charge in [-0.3, -0.25) is 4.79 Å². The molecule has 3 aromatic carbocycles. The molecule has 2 aliphatic rings. The van der Waals surface area contributed by atoms with Crippen molar-refractivity contribution in [1.29, 1.82) is 0 Å². The summed E-state index contributed by atoms with van der Waals surface area (Å²) in [4.78, 5) is 13.1. The molecule has 3 nitrogen and oxygen atoms in total. The summed E-state index contributed by atoms with van der Waals surface area (Å²) in [6.45, 7) is 0. The van der Waals surface area contributed by atoms with E-state index in [2.05, 4.69) is 17.4 Å². The number of fused-ring (bicyclic) bond motifs is 2. The van der Waals surface area contributed by atoms with Gasteiger partial charge in [0.15, 0.2) is 5.78 Å². The number of carbonyl (C=O) groups is 1. The molecule has 2 bridgehead atoms. The standard InChI is InChI=1S/C27H22FNO2/c28-21-13-11-20(12-14-21)26(30)23-18-27(16-15-24(23)31-27)25(17-19-7-3-1-4-8-19)29-22-9-5-2-6-10-22/h1-16,18,24-25,29H,17H2. The Kier molecular flexibility index (Phi) is 5.00. The molecule has 0 amide bonds. The topological polar surface area (TPSA) is 38.3 Å². The number of nitrogens with one attached hydrogen (secondary N) is 1. The van der Waals surface area contributed by atoms with Crippen LogP contribution >= 0.6 is 0 Å². The number of para-hydroxylation sites is 1. The van der Waals surface area contributed by atoms with E-state index in [4.69, 9.17) is 4.74 Å². The second-order valence-electron chi connectivity index (χ2n) is 7.94. The lowest BCUT2D eigenvalue weighted by molar-refractivity contribution is 0.0332. The van der Waals surface area contributed by atoms with E-state index in [0.717, 1.165) is 12.1 Å². The molecule has 0 radical (unpaired) electrons. The number of rotatable bonds is 7. The fourth-order valence-electron chi connectivity index (χ4n) is 4.28. The van der Waals surface area contributed by atoms with Crippen LogP contribution in [0.5, 0.6) is 0 Å². The molecule has 2 heterocycles. The molecule has 0 spiro atoms. The van der Waals surface area contributed by atoms with Gasteiger partial charge in [0.05, 0.1) is 6.04 Å². The largest absolute Gasteiger partial charge is 0.378 e. The van der Waals surface area contributed by atoms with Gasteiger partial charge in [0.2, 0.25) is 0 Å². The molecule has 1 N–H and O–H groups in total. The zero-order valence-corrected chi connectivity index (χ0v) is 16.9. The molecule has 3 atom stereocenters. The minimum Gasteiger partial charge on any atom is -0.378 e. The maximum atomic E-state index is 13.3. The van der Waals surface area contributed by atoms with Crippen molar-refractivity contribution in [2.75, 3.05) is 5.32 Å². The summed E-state index contributed by atoms with van der Waals surface area (Å²) < 4.78 is 19.7. The first-order chi connectivity index (χ1) is 15.1. The highest BCUT2D eigenvalue weighted by molar-refractivity contribution is 6.10. The van der Waals surface area contributed by atoms with Crippen LogP contribution in [0.1, 0.15) is 15.9 Å². The average Bonchev–Trinajstić information content (AvgIpc) is 3.41. The molecule has 0 saturated heterocycles. The van der Waals surface area contributed by atoms with Crippen LogP contribution in [0.15, 0.2) is 109 Å². The Balaban J connectivity index is 1.48. The lowest BCUT2D eigenvalue weighted by atomic mass is 9.84. The third kappa shape index (κ3) is 3.82. The Labute approximate surface area is 180 Å². The monoisotopic (exact) mass is 411 g/mol. The highest BCUT2D eigenvalue weighted by Gasteiger charge is 2.49. The Morgan fingerprint density at radius 2 is 1.65 bits per heavy atom. The average molecular weight is 411 g/mol. The first-order valence-electron chi connectivity index (χ1n) is 10.4. The van der Waals surface area contributed by atoms with E-state index in [1.807, 2.05) is 66.8 Å². The molecular weight excluding hydrogens is 389 g/mol. The van der Waals surface area contributed by atoms with Gasteiger partial charge in [-0.2, -0.15) is 0 Å². The van der Waals surface area contributed by atoms with E-state index in [1.165, 1.54) is 29.8 Å². The zero-order chi connectivity index (χ0) is 21.3. The Morgan fingerprint density at radius 1 is 0.968 bits per heavy atom. The smallest absolute Gasteiger partial charge is 0.191 e. The normalized spacial score (nSPS) is 22.2. The van der Waals surface area contributed by atoms with Gasteiger partial charge < -0.3 is 10.1 Å². The van der Waals surface area contributed by atoms with E-state index in [1.54, 1.807) is 0 Å². The number of carbonyl (C=O) groups excluding carboxylic acids is 1. The summed E-state index contributed by atoms with van der Waals surface area (Å²) in [5, 5.41) is 3.61. The molecule has 154 valence electrons. The number of ketones is 1. The van der Waals surface area contributed by atoms with Crippen LogP contribution in [0.4, 0.5) is 10.1 Å². The predicted octanol–water partition coefficient (Wildman–Crippen LogP) is 5.37. The number of hydrogen-bond acceptors (Lipinski definition) is 3. The lowest BCUT2D eigenvalue weighted by Crippen LogP contribution is -2.45. The quantitative estimate of drug-likeness (QED) is 0.420. The molecule has 0 aliphatic carbocycles. The van der Waals surface area contributed by atoms with E-state index < -0.39 is 11.7 Å². The second-order valence-corrected chi connectivity index (χ2v) is 7.94. The third-order valence-corrected chi connectivity index (χ3v) is 5.86. The number of halogens is 1. The van der Waals surface area contributed by atoms with E-state index >= 15 is 0 Å². The Bertz CT molecular complexity index is 1100. The molecule has 0 fully saturated rings. The summed E-state index contributed by atoms with van der Waals surface area (Å²) in [6, 6.07) is 25.8. The van der Waals surface area contributed by atoms with Crippen molar-refractivity contribution >= 4 is 11.5 Å². The van der Waals surface area contributed by atoms with Gasteiger partial charge in [0, 0.05) is 16.8 Å². The molecule has 3 unspecified atom stereocenters. The lowest BCUT2D eigenvalue weighted by Gasteiger charge is -2.33. The highest BCUT2D eigenvalue weighted by atomic mass is 19.1. The summed E-state index contributed by atoms with van der Waals surface area (Å²) in [5.74, 6) is -0.490. The van der Waals surface area contributed by atoms with Crippen molar-refractivity contribution in [2.45, 2.75) is 24.2 Å². The predicted molar refractivity (Wildman–Crippen MR) is 120 cm³/mol. The van der Waals surface area contributed by atoms with E-state index in [0.29, 0.717) is 11.1 Å². The molecular formula is C27H22FNO2. The van der Waals surface area contributed by atoms with Gasteiger partial charge in [-0.25, -0.2) is 4.39 Å². The van der Waals surface area contributed by atoms with Gasteiger partial charge >= 0.3 is 0 Å². The first kappa shape index (κ1) is 19.5. The Morgan fingerprint density at radius 3 is 2.35 bits per heavy atom. The Hall–Kier alpha value is -3.50. The van der Waals surface area contributed by atoms with Crippen LogP contribution in [0.25, 0.3) is 0 Å². The molecule has 0 saturated carbocycles. The second kappa shape index (κ2) is 7.97. The van der Waals surface area contributed by atoms with Crippen molar-refractivity contribution in [3.63, 3.8) is 0 Å². The van der Waals surface area contributed by atoms with E-state index in [9.17, 15) is 9.18 Å². The first-order valence-corrected chi connectivity index (χ1v) is 10.4. The molecule has 3 aromatic rings. The maximum absolute atomic E-state index is 13.3. The van der Waals surface area contributed by atoms with Crippen LogP contribution in [-0.2, 0) is 11.2 Å². The number of Topliss-reactive ketones (excluding diaryl/α,β-unsaturated/α-hetero) is 1. The summed E-state index contributed by atoms with van der Waals surface area (Å²) >= 11 is 0. The molecule has 2 aliphatic heterocycles. The van der Waals surface area contributed by atoms with Gasteiger partial charge in [0.1, 0.15) is 17.5 Å². The fraction of sp³-hybridized carbons (Fsp3) is 0.148. The molecule has 0 aromatic heterocycles. The van der Waals surface area contributed by atoms with Crippen LogP contribution < -0.4 is 5.32 Å². The van der Waals surface area contributed by atoms with E-state index in [-0.39, 0.29) is 17.6 Å². The molecule has 4 heteroatoms. The summed E-state index contributed by atoms with van der Waals surface area (Å²) in [5.41, 5.74) is 2.49. The van der Waals surface area contributed by atoms with Gasteiger partial charge in [-0.1, -0.05) is 54.6 Å². The van der Waals surface area contributed by atoms with Gasteiger partial charge in [-0.05, 0) is 60.5 Å². The SMILES string of the molecule is O=C(C1=CC2(C(Cc3ccccc3)Nc3ccccc3)C=CC1O2)c1ccc(F)cc1. The van der Waals surface area contributed by atoms with Crippen molar-refractivity contribution in [2.24, 2.45) is 0 Å². The van der Waals surface area contributed by atoms with Crippen molar-refractivity contribution in [3.8, 4) is 0 Å². The van der Waals surface area contributed by atoms with Crippen LogP contribution in [-0.4, -0.2) is 23.5 Å². The van der Waals surface area contributed by atoms with Crippen molar-refractivity contribution in [3.05, 3.63) is 126 Å². The minimum absolute atomic E-state index is 0.114. The van der Waals surface area contributed by atoms with Gasteiger partial charge in [-0.15, -0.1) is 0 Å².